The molecule has 134 valence electrons. The average molecular weight is 327 g/mol. The van der Waals surface area contributed by atoms with Crippen LogP contribution in [0.4, 0.5) is 0 Å². The topological polar surface area (TPSA) is 0 Å². The second kappa shape index (κ2) is 13.0. The first kappa shape index (κ1) is 20.7. The van der Waals surface area contributed by atoms with Gasteiger partial charge in [-0.2, -0.15) is 0 Å². The van der Waals surface area contributed by atoms with Crippen molar-refractivity contribution in [2.75, 3.05) is 0 Å². The van der Waals surface area contributed by atoms with Gasteiger partial charge in [-0.3, -0.25) is 0 Å². The third-order valence-corrected chi connectivity index (χ3v) is 4.97. The molecule has 0 N–H and O–H groups in total. The van der Waals surface area contributed by atoms with E-state index in [1.165, 1.54) is 74.5 Å². The van der Waals surface area contributed by atoms with Crippen molar-refractivity contribution in [1.29, 1.82) is 0 Å². The van der Waals surface area contributed by atoms with Crippen LogP contribution in [0.15, 0.2) is 43.0 Å². The zero-order valence-electron chi connectivity index (χ0n) is 16.3. The molecule has 0 saturated heterocycles. The zero-order valence-corrected chi connectivity index (χ0v) is 16.3. The lowest BCUT2D eigenvalue weighted by Crippen LogP contribution is -1.96. The van der Waals surface area contributed by atoms with E-state index in [1.54, 1.807) is 0 Å². The number of hydrogen-bond acceptors (Lipinski definition) is 0. The standard InChI is InChI=1S/C24H38/c1-5-7-8-9-10-12-15-23(6-2)16-13-11-14-17-24-19-18-21(3)20-22(24)4/h6,11,14,18-20,23H,2,5,7-10,12-13,15-17H2,1,3-4H3/b14-11+. The fourth-order valence-electron chi connectivity index (χ4n) is 3.28. The Morgan fingerprint density at radius 3 is 2.42 bits per heavy atom. The molecule has 1 atom stereocenters. The lowest BCUT2D eigenvalue weighted by atomic mass is 9.95. The normalized spacial score (nSPS) is 12.6. The predicted octanol–water partition coefficient (Wildman–Crippen LogP) is 7.74. The van der Waals surface area contributed by atoms with Crippen molar-refractivity contribution < 1.29 is 0 Å². The van der Waals surface area contributed by atoms with Gasteiger partial charge in [-0.15, -0.1) is 6.58 Å². The molecule has 1 unspecified atom stereocenters. The maximum atomic E-state index is 4.03. The first-order chi connectivity index (χ1) is 11.7. The van der Waals surface area contributed by atoms with Gasteiger partial charge in [0, 0.05) is 0 Å². The molecule has 0 bridgehead atoms. The number of rotatable bonds is 13. The van der Waals surface area contributed by atoms with Crippen LogP contribution in [0.3, 0.4) is 0 Å². The minimum absolute atomic E-state index is 0.696. The van der Waals surface area contributed by atoms with Crippen molar-refractivity contribution in [3.05, 3.63) is 59.7 Å². The molecule has 0 saturated carbocycles. The van der Waals surface area contributed by atoms with Crippen LogP contribution < -0.4 is 0 Å². The monoisotopic (exact) mass is 326 g/mol. The maximum absolute atomic E-state index is 4.03. The Morgan fingerprint density at radius 2 is 1.71 bits per heavy atom. The van der Waals surface area contributed by atoms with E-state index in [9.17, 15) is 0 Å². The van der Waals surface area contributed by atoms with E-state index in [0.29, 0.717) is 5.92 Å². The van der Waals surface area contributed by atoms with E-state index in [2.05, 4.69) is 63.8 Å². The van der Waals surface area contributed by atoms with Crippen LogP contribution in [0.1, 0.15) is 81.4 Å². The highest BCUT2D eigenvalue weighted by Crippen LogP contribution is 2.18. The van der Waals surface area contributed by atoms with Crippen LogP contribution >= 0.6 is 0 Å². The second-order valence-electron chi connectivity index (χ2n) is 7.24. The summed E-state index contributed by atoms with van der Waals surface area (Å²) in [6.07, 6.45) is 20.0. The Balaban J connectivity index is 2.17. The van der Waals surface area contributed by atoms with E-state index >= 15 is 0 Å². The molecule has 0 heterocycles. The van der Waals surface area contributed by atoms with Gasteiger partial charge >= 0.3 is 0 Å². The number of unbranched alkanes of at least 4 members (excludes halogenated alkanes) is 5. The van der Waals surface area contributed by atoms with Crippen molar-refractivity contribution in [1.82, 2.24) is 0 Å². The summed E-state index contributed by atoms with van der Waals surface area (Å²) in [7, 11) is 0. The molecule has 0 spiro atoms. The van der Waals surface area contributed by atoms with Crippen molar-refractivity contribution >= 4 is 0 Å². The lowest BCUT2D eigenvalue weighted by Gasteiger charge is -2.11. The highest BCUT2D eigenvalue weighted by Gasteiger charge is 2.03. The Labute approximate surface area is 151 Å². The Morgan fingerprint density at radius 1 is 0.958 bits per heavy atom. The molecular formula is C24H38. The van der Waals surface area contributed by atoms with E-state index < -0.39 is 0 Å². The van der Waals surface area contributed by atoms with E-state index in [4.69, 9.17) is 0 Å². The maximum Gasteiger partial charge on any atom is -0.00948 e. The van der Waals surface area contributed by atoms with Gasteiger partial charge in [0.15, 0.2) is 0 Å². The predicted molar refractivity (Wildman–Crippen MR) is 110 cm³/mol. The van der Waals surface area contributed by atoms with Gasteiger partial charge in [-0.25, -0.2) is 0 Å². The van der Waals surface area contributed by atoms with E-state index in [0.717, 1.165) is 6.42 Å². The molecule has 0 nitrogen and oxygen atoms in total. The molecule has 0 aromatic heterocycles. The van der Waals surface area contributed by atoms with Crippen LogP contribution in [0, 0.1) is 19.8 Å². The van der Waals surface area contributed by atoms with Gasteiger partial charge in [-0.1, -0.05) is 87.4 Å². The van der Waals surface area contributed by atoms with Crippen LogP contribution in [0.2, 0.25) is 0 Å². The quantitative estimate of drug-likeness (QED) is 0.257. The minimum Gasteiger partial charge on any atom is -0.103 e. The fraction of sp³-hybridized carbons (Fsp3) is 0.583. The first-order valence-corrected chi connectivity index (χ1v) is 10.0. The largest absolute Gasteiger partial charge is 0.103 e. The summed E-state index contributed by atoms with van der Waals surface area (Å²) in [5.74, 6) is 0.696. The zero-order chi connectivity index (χ0) is 17.6. The lowest BCUT2D eigenvalue weighted by molar-refractivity contribution is 0.497. The molecule has 1 aromatic rings. The van der Waals surface area contributed by atoms with E-state index in [-0.39, 0.29) is 0 Å². The summed E-state index contributed by atoms with van der Waals surface area (Å²) in [4.78, 5) is 0. The number of aryl methyl sites for hydroxylation is 2. The van der Waals surface area contributed by atoms with Gasteiger partial charge in [-0.05, 0) is 56.6 Å². The SMILES string of the molecule is C=CC(CC/C=C/Cc1ccc(C)cc1C)CCCCCCCC. The summed E-state index contributed by atoms with van der Waals surface area (Å²) >= 11 is 0. The second-order valence-corrected chi connectivity index (χ2v) is 7.24. The molecule has 0 aliphatic rings. The summed E-state index contributed by atoms with van der Waals surface area (Å²) < 4.78 is 0. The fourth-order valence-corrected chi connectivity index (χ4v) is 3.28. The summed E-state index contributed by atoms with van der Waals surface area (Å²) in [6, 6.07) is 6.75. The van der Waals surface area contributed by atoms with Crippen LogP contribution in [0.5, 0.6) is 0 Å². The first-order valence-electron chi connectivity index (χ1n) is 10.0. The van der Waals surface area contributed by atoms with Crippen molar-refractivity contribution in [3.8, 4) is 0 Å². The molecule has 0 amide bonds. The van der Waals surface area contributed by atoms with Gasteiger partial charge < -0.3 is 0 Å². The third-order valence-electron chi connectivity index (χ3n) is 4.97. The molecule has 0 aliphatic carbocycles. The molecule has 1 rings (SSSR count). The molecule has 0 heteroatoms. The van der Waals surface area contributed by atoms with Crippen molar-refractivity contribution in [3.63, 3.8) is 0 Å². The number of hydrogen-bond donors (Lipinski definition) is 0. The van der Waals surface area contributed by atoms with Crippen molar-refractivity contribution in [2.24, 2.45) is 5.92 Å². The Bertz CT molecular complexity index is 481. The summed E-state index contributed by atoms with van der Waals surface area (Å²) in [6.45, 7) is 10.7. The smallest absolute Gasteiger partial charge is 0.00948 e. The van der Waals surface area contributed by atoms with Crippen LogP contribution in [0.25, 0.3) is 0 Å². The molecular weight excluding hydrogens is 288 g/mol. The third kappa shape index (κ3) is 9.11. The summed E-state index contributed by atoms with van der Waals surface area (Å²) in [5.41, 5.74) is 4.21. The van der Waals surface area contributed by atoms with E-state index in [1.807, 2.05) is 0 Å². The molecule has 1 aromatic carbocycles. The van der Waals surface area contributed by atoms with Gasteiger partial charge in [0.1, 0.15) is 0 Å². The van der Waals surface area contributed by atoms with Gasteiger partial charge in [0.25, 0.3) is 0 Å². The molecule has 0 radical (unpaired) electrons. The van der Waals surface area contributed by atoms with Gasteiger partial charge in [0.05, 0.1) is 0 Å². The number of allylic oxidation sites excluding steroid dienone is 3. The highest BCUT2D eigenvalue weighted by molar-refractivity contribution is 5.31. The van der Waals surface area contributed by atoms with Crippen molar-refractivity contribution in [2.45, 2.75) is 85.0 Å². The molecule has 0 aliphatic heterocycles. The summed E-state index contributed by atoms with van der Waals surface area (Å²) in [5, 5.41) is 0. The van der Waals surface area contributed by atoms with Gasteiger partial charge in [0.2, 0.25) is 0 Å². The average Bonchev–Trinajstić information content (AvgIpc) is 2.57. The minimum atomic E-state index is 0.696. The van der Waals surface area contributed by atoms with Crippen LogP contribution in [-0.4, -0.2) is 0 Å². The highest BCUT2D eigenvalue weighted by atomic mass is 14.1. The number of benzene rings is 1. The Kier molecular flexibility index (Phi) is 11.3. The van der Waals surface area contributed by atoms with Crippen LogP contribution in [-0.2, 0) is 6.42 Å². The molecule has 24 heavy (non-hydrogen) atoms. The molecule has 0 fully saturated rings. The Hall–Kier alpha value is -1.30.